The predicted molar refractivity (Wildman–Crippen MR) is 169 cm³/mol. The third-order valence-electron chi connectivity index (χ3n) is 8.51. The first-order chi connectivity index (χ1) is 19.2. The Kier molecular flexibility index (Phi) is 11.3. The molecule has 0 saturated carbocycles. The van der Waals surface area contributed by atoms with Gasteiger partial charge in [0.25, 0.3) is 8.32 Å². The zero-order valence-electron chi connectivity index (χ0n) is 25.8. The van der Waals surface area contributed by atoms with E-state index in [0.717, 1.165) is 5.56 Å². The van der Waals surface area contributed by atoms with Crippen molar-refractivity contribution in [2.24, 2.45) is 5.92 Å². The number of thioether (sulfide) groups is 1. The first kappa shape index (κ1) is 33.4. The van der Waals surface area contributed by atoms with Crippen LogP contribution < -0.4 is 14.5 Å². The Labute approximate surface area is 254 Å². The normalized spacial score (nSPS) is 19.7. The summed E-state index contributed by atoms with van der Waals surface area (Å²) in [4.78, 5) is 18.9. The standard InChI is InChI=1S/C29H45N3O6S2Si/c1-17(2)29(5,6)41(8,9)38-24-13-23(35-7)18(3)26-21(24)15-40-16-22(27-30-19(4)32-37-27)31-25(39)12-10-11-20(14-33)36-28(26)34/h13,17,20,22,33H,10-12,14-16H2,1-9H3,(H,31,39)/t20-,22-/m0/s1. The summed E-state index contributed by atoms with van der Waals surface area (Å²) >= 11 is 7.22. The zero-order valence-corrected chi connectivity index (χ0v) is 28.4. The van der Waals surface area contributed by atoms with Crippen molar-refractivity contribution in [1.82, 2.24) is 15.5 Å². The van der Waals surface area contributed by atoms with Gasteiger partial charge in [0.05, 0.1) is 24.3 Å². The Morgan fingerprint density at radius 3 is 2.59 bits per heavy atom. The molecule has 1 aromatic heterocycles. The van der Waals surface area contributed by atoms with Gasteiger partial charge in [0, 0.05) is 28.7 Å². The second kappa shape index (κ2) is 13.9. The van der Waals surface area contributed by atoms with Gasteiger partial charge in [-0.25, -0.2) is 4.79 Å². The number of carbonyl (C=O) groups is 1. The maximum absolute atomic E-state index is 13.8. The van der Waals surface area contributed by atoms with Crippen molar-refractivity contribution < 1.29 is 28.3 Å². The Morgan fingerprint density at radius 2 is 2.00 bits per heavy atom. The van der Waals surface area contributed by atoms with Gasteiger partial charge in [0.2, 0.25) is 5.89 Å². The molecule has 0 aliphatic carbocycles. The number of hydrogen-bond acceptors (Lipinski definition) is 10. The zero-order chi connectivity index (χ0) is 30.5. The van der Waals surface area contributed by atoms with Crippen LogP contribution in [0.3, 0.4) is 0 Å². The van der Waals surface area contributed by atoms with E-state index in [4.69, 9.17) is 30.6 Å². The molecule has 9 nitrogen and oxygen atoms in total. The van der Waals surface area contributed by atoms with Crippen molar-refractivity contribution in [3.05, 3.63) is 34.5 Å². The van der Waals surface area contributed by atoms with Crippen LogP contribution in [-0.4, -0.2) is 60.1 Å². The molecule has 228 valence electrons. The van der Waals surface area contributed by atoms with Gasteiger partial charge in [-0.3, -0.25) is 0 Å². The number of carbonyl (C=O) groups excluding carboxylic acids is 1. The number of methoxy groups -OCH3 is 1. The molecule has 12 heteroatoms. The largest absolute Gasteiger partial charge is 0.543 e. The highest BCUT2D eigenvalue weighted by atomic mass is 32.2. The van der Waals surface area contributed by atoms with Crippen molar-refractivity contribution in [3.8, 4) is 11.5 Å². The van der Waals surface area contributed by atoms with E-state index in [-0.39, 0.29) is 17.7 Å². The fourth-order valence-corrected chi connectivity index (χ4v) is 8.42. The van der Waals surface area contributed by atoms with Gasteiger partial charge in [-0.15, -0.1) is 0 Å². The third kappa shape index (κ3) is 7.82. The van der Waals surface area contributed by atoms with Crippen molar-refractivity contribution >= 4 is 43.3 Å². The molecule has 3 rings (SSSR count). The molecule has 2 aromatic rings. The maximum Gasteiger partial charge on any atom is 0.339 e. The van der Waals surface area contributed by atoms with Crippen LogP contribution in [0.4, 0.5) is 0 Å². The van der Waals surface area contributed by atoms with E-state index in [2.05, 4.69) is 56.2 Å². The smallest absolute Gasteiger partial charge is 0.339 e. The van der Waals surface area contributed by atoms with Gasteiger partial charge in [0.1, 0.15) is 23.6 Å². The molecule has 41 heavy (non-hydrogen) atoms. The lowest BCUT2D eigenvalue weighted by molar-refractivity contribution is 0.0108. The summed E-state index contributed by atoms with van der Waals surface area (Å²) in [6.07, 6.45) is 1.01. The Bertz CT molecular complexity index is 1230. The van der Waals surface area contributed by atoms with Crippen molar-refractivity contribution in [2.45, 2.75) is 96.8 Å². The minimum absolute atomic E-state index is 0.0598. The van der Waals surface area contributed by atoms with Crippen LogP contribution in [0.2, 0.25) is 18.1 Å². The number of aryl methyl sites for hydroxylation is 1. The number of thiocarbonyl (C=S) groups is 1. The topological polar surface area (TPSA) is 116 Å². The van der Waals surface area contributed by atoms with Gasteiger partial charge in [-0.2, -0.15) is 16.7 Å². The molecule has 0 fully saturated rings. The summed E-state index contributed by atoms with van der Waals surface area (Å²) < 4.78 is 24.0. The number of fused-ring (bicyclic) bond motifs is 1. The van der Waals surface area contributed by atoms with Crippen molar-refractivity contribution in [1.29, 1.82) is 0 Å². The molecular weight excluding hydrogens is 579 g/mol. The fraction of sp³-hybridized carbons (Fsp3) is 0.655. The molecule has 2 N–H and O–H groups in total. The number of nitrogens with zero attached hydrogens (tertiary/aromatic N) is 2. The first-order valence-corrected chi connectivity index (χ1v) is 18.6. The number of aromatic nitrogens is 2. The number of esters is 1. The second-order valence-corrected chi connectivity index (χ2v) is 18.0. The molecule has 0 bridgehead atoms. The number of benzene rings is 1. The molecular formula is C29H45N3O6S2Si. The van der Waals surface area contributed by atoms with E-state index >= 15 is 0 Å². The number of nitrogens with one attached hydrogen (secondary N) is 1. The quantitative estimate of drug-likeness (QED) is 0.205. The number of hydrogen-bond donors (Lipinski definition) is 2. The van der Waals surface area contributed by atoms with E-state index in [1.54, 1.807) is 25.8 Å². The minimum Gasteiger partial charge on any atom is -0.543 e. The summed E-state index contributed by atoms with van der Waals surface area (Å²) in [5, 5.41) is 17.3. The lowest BCUT2D eigenvalue weighted by atomic mass is 9.99. The minimum atomic E-state index is -2.37. The van der Waals surface area contributed by atoms with Crippen molar-refractivity contribution in [2.75, 3.05) is 19.5 Å². The summed E-state index contributed by atoms with van der Waals surface area (Å²) in [6.45, 7) is 16.7. The van der Waals surface area contributed by atoms with E-state index in [0.29, 0.717) is 76.0 Å². The monoisotopic (exact) mass is 623 g/mol. The summed E-state index contributed by atoms with van der Waals surface area (Å²) in [5.41, 5.74) is 1.84. The number of ether oxygens (including phenoxy) is 2. The van der Waals surface area contributed by atoms with Gasteiger partial charge in [0.15, 0.2) is 5.82 Å². The molecule has 0 unspecified atom stereocenters. The molecule has 0 radical (unpaired) electrons. The molecule has 1 aromatic carbocycles. The lowest BCUT2D eigenvalue weighted by Gasteiger charge is -2.43. The van der Waals surface area contributed by atoms with Crippen LogP contribution in [0, 0.1) is 19.8 Å². The molecule has 2 heterocycles. The van der Waals surface area contributed by atoms with Crippen LogP contribution in [0.15, 0.2) is 10.6 Å². The summed E-state index contributed by atoms with van der Waals surface area (Å²) in [6, 6.07) is 1.60. The molecule has 2 atom stereocenters. The van der Waals surface area contributed by atoms with Crippen LogP contribution in [0.1, 0.15) is 86.2 Å². The molecule has 0 spiro atoms. The van der Waals surface area contributed by atoms with Crippen LogP contribution >= 0.6 is 24.0 Å². The fourth-order valence-electron chi connectivity index (χ4n) is 4.67. The molecule has 1 aliphatic rings. The van der Waals surface area contributed by atoms with E-state index < -0.39 is 20.4 Å². The van der Waals surface area contributed by atoms with E-state index in [9.17, 15) is 9.90 Å². The third-order valence-corrected chi connectivity index (χ3v) is 14.3. The van der Waals surface area contributed by atoms with Gasteiger partial charge < -0.3 is 28.8 Å². The highest BCUT2D eigenvalue weighted by Crippen LogP contribution is 2.47. The Balaban J connectivity index is 2.13. The average molecular weight is 624 g/mol. The summed E-state index contributed by atoms with van der Waals surface area (Å²) in [5.74, 6) is 3.12. The van der Waals surface area contributed by atoms with Gasteiger partial charge in [-0.1, -0.05) is 45.1 Å². The van der Waals surface area contributed by atoms with Gasteiger partial charge >= 0.3 is 5.97 Å². The van der Waals surface area contributed by atoms with Gasteiger partial charge in [-0.05, 0) is 57.2 Å². The molecule has 1 aliphatic heterocycles. The second-order valence-electron chi connectivity index (χ2n) is 12.0. The average Bonchev–Trinajstić information content (AvgIpc) is 3.33. The first-order valence-electron chi connectivity index (χ1n) is 14.1. The summed E-state index contributed by atoms with van der Waals surface area (Å²) in [7, 11) is -0.778. The Morgan fingerprint density at radius 1 is 1.29 bits per heavy atom. The molecule has 0 amide bonds. The Hall–Kier alpha value is -2.15. The molecule has 0 saturated heterocycles. The van der Waals surface area contributed by atoms with Crippen LogP contribution in [0.5, 0.6) is 11.5 Å². The highest BCUT2D eigenvalue weighted by molar-refractivity contribution is 7.98. The lowest BCUT2D eigenvalue weighted by Crippen LogP contribution is -2.48. The predicted octanol–water partition coefficient (Wildman–Crippen LogP) is 6.31. The SMILES string of the molecule is COc1cc(O[Si](C)(C)C(C)(C)C(C)C)c2c(c1C)C(=O)O[C@H](CO)CCCC(=S)N[C@H](c1nc(C)no1)CSC2. The van der Waals surface area contributed by atoms with E-state index in [1.165, 1.54) is 0 Å². The highest BCUT2D eigenvalue weighted by Gasteiger charge is 2.45. The van der Waals surface area contributed by atoms with E-state index in [1.807, 2.05) is 13.0 Å². The van der Waals surface area contributed by atoms with Crippen LogP contribution in [-0.2, 0) is 10.5 Å². The number of cyclic esters (lactones) is 1. The number of aliphatic hydroxyl groups is 1. The maximum atomic E-state index is 13.8. The number of rotatable bonds is 7. The number of aliphatic hydroxyl groups excluding tert-OH is 1. The van der Waals surface area contributed by atoms with Crippen LogP contribution in [0.25, 0.3) is 0 Å². The van der Waals surface area contributed by atoms with Crippen molar-refractivity contribution in [3.63, 3.8) is 0 Å².